The van der Waals surface area contributed by atoms with Crippen LogP contribution in [0.15, 0.2) is 126 Å². The van der Waals surface area contributed by atoms with Crippen molar-refractivity contribution in [2.24, 2.45) is 5.41 Å². The second kappa shape index (κ2) is 15.4. The van der Waals surface area contributed by atoms with Crippen molar-refractivity contribution in [1.82, 2.24) is 15.2 Å². The van der Waals surface area contributed by atoms with E-state index < -0.39 is 23.5 Å². The fraction of sp³-hybridized carbons (Fsp3) is 0.250. The van der Waals surface area contributed by atoms with Gasteiger partial charge in [0.05, 0.1) is 18.2 Å². The second-order valence-electron chi connectivity index (χ2n) is 12.8. The van der Waals surface area contributed by atoms with Crippen LogP contribution in [0.25, 0.3) is 0 Å². The summed E-state index contributed by atoms with van der Waals surface area (Å²) in [6.07, 6.45) is -0.475. The van der Waals surface area contributed by atoms with E-state index in [1.807, 2.05) is 128 Å². The second-order valence-corrected chi connectivity index (χ2v) is 16.2. The zero-order chi connectivity index (χ0) is 35.4. The number of nitrogens with zero attached hydrogens (tertiary/aromatic N) is 2. The summed E-state index contributed by atoms with van der Waals surface area (Å²) in [5.74, 6) is -0.764. The molecule has 3 heterocycles. The van der Waals surface area contributed by atoms with Crippen LogP contribution in [0, 0.1) is 12.3 Å². The van der Waals surface area contributed by atoms with E-state index in [-0.39, 0.29) is 42.0 Å². The predicted octanol–water partition coefficient (Wildman–Crippen LogP) is 7.15. The third kappa shape index (κ3) is 7.62. The molecular formula is C40H37N3O5S3. The van der Waals surface area contributed by atoms with Crippen LogP contribution in [0.1, 0.15) is 45.0 Å². The van der Waals surface area contributed by atoms with Gasteiger partial charge in [-0.3, -0.25) is 19.7 Å². The van der Waals surface area contributed by atoms with Gasteiger partial charge in [-0.05, 0) is 29.2 Å². The number of ether oxygens (including phenoxy) is 1. The molecule has 51 heavy (non-hydrogen) atoms. The molecule has 0 spiro atoms. The lowest BCUT2D eigenvalue weighted by Crippen LogP contribution is -2.73. The molecule has 3 atom stereocenters. The number of esters is 1. The Morgan fingerprint density at radius 3 is 1.96 bits per heavy atom. The smallest absolute Gasteiger partial charge is 0.313 e. The molecule has 0 bridgehead atoms. The van der Waals surface area contributed by atoms with Crippen LogP contribution < -0.4 is 5.32 Å². The molecule has 4 aromatic carbocycles. The highest BCUT2D eigenvalue weighted by Crippen LogP contribution is 2.46. The number of aryl methyl sites for hydroxylation is 1. The normalized spacial score (nSPS) is 19.8. The number of carbonyl (C=O) groups excluding carboxylic acids is 2. The number of thioether (sulfide) groups is 2. The summed E-state index contributed by atoms with van der Waals surface area (Å²) in [7, 11) is 0. The molecule has 1 amide bonds. The first-order valence-electron chi connectivity index (χ1n) is 16.7. The molecule has 0 saturated carbocycles. The SMILES string of the molecule is Cc1nc(SCC2(C(=O)O)CS[C@@H]3[C@H](NC(c4ccccc4)c4ccccc4)C(=O)N3C2)sc1CC(=O)OC(c1ccccc1)c1ccccc1. The largest absolute Gasteiger partial charge is 0.481 e. The highest BCUT2D eigenvalue weighted by atomic mass is 32.2. The van der Waals surface area contributed by atoms with Gasteiger partial charge < -0.3 is 14.7 Å². The topological polar surface area (TPSA) is 109 Å². The van der Waals surface area contributed by atoms with Gasteiger partial charge in [-0.1, -0.05) is 133 Å². The molecule has 0 radical (unpaired) electrons. The van der Waals surface area contributed by atoms with Crippen molar-refractivity contribution in [2.75, 3.05) is 18.1 Å². The minimum atomic E-state index is -1.14. The Kier molecular flexibility index (Phi) is 10.6. The van der Waals surface area contributed by atoms with Crippen LogP contribution >= 0.6 is 34.9 Å². The Morgan fingerprint density at radius 1 is 0.902 bits per heavy atom. The maximum Gasteiger partial charge on any atom is 0.313 e. The number of thiazole rings is 1. The fourth-order valence-corrected chi connectivity index (χ4v) is 10.6. The number of β-lactam (4-membered cyclic amide) rings is 1. The van der Waals surface area contributed by atoms with E-state index in [2.05, 4.69) is 10.3 Å². The summed E-state index contributed by atoms with van der Waals surface area (Å²) in [4.78, 5) is 46.8. The highest BCUT2D eigenvalue weighted by Gasteiger charge is 2.57. The van der Waals surface area contributed by atoms with Crippen LogP contribution in [0.3, 0.4) is 0 Å². The van der Waals surface area contributed by atoms with E-state index in [9.17, 15) is 19.5 Å². The molecule has 1 unspecified atom stereocenters. The molecular weight excluding hydrogens is 699 g/mol. The number of rotatable bonds is 13. The van der Waals surface area contributed by atoms with Gasteiger partial charge in [-0.15, -0.1) is 23.1 Å². The first-order chi connectivity index (χ1) is 24.8. The van der Waals surface area contributed by atoms with Crippen molar-refractivity contribution in [1.29, 1.82) is 0 Å². The Balaban J connectivity index is 0.992. The highest BCUT2D eigenvalue weighted by molar-refractivity contribution is 8.01. The van der Waals surface area contributed by atoms with E-state index in [0.717, 1.165) is 32.8 Å². The van der Waals surface area contributed by atoms with Gasteiger partial charge in [0, 0.05) is 22.9 Å². The van der Waals surface area contributed by atoms with Gasteiger partial charge in [-0.2, -0.15) is 0 Å². The minimum absolute atomic E-state index is 0.0610. The van der Waals surface area contributed by atoms with E-state index in [1.165, 1.54) is 34.9 Å². The van der Waals surface area contributed by atoms with Crippen LogP contribution in [0.2, 0.25) is 0 Å². The van der Waals surface area contributed by atoms with Gasteiger partial charge >= 0.3 is 11.9 Å². The van der Waals surface area contributed by atoms with Crippen molar-refractivity contribution in [2.45, 2.75) is 41.2 Å². The number of fused-ring (bicyclic) bond motifs is 1. The number of aliphatic carboxylic acids is 1. The van der Waals surface area contributed by atoms with Crippen LogP contribution in [0.4, 0.5) is 0 Å². The summed E-state index contributed by atoms with van der Waals surface area (Å²) in [5, 5.41) is 13.9. The number of hydrogen-bond acceptors (Lipinski definition) is 9. The molecule has 11 heteroatoms. The number of carboxylic acids is 1. The van der Waals surface area contributed by atoms with E-state index in [0.29, 0.717) is 10.1 Å². The number of carboxylic acid groups (broad SMARTS) is 1. The fourth-order valence-electron chi connectivity index (χ4n) is 6.50. The molecule has 260 valence electrons. The Morgan fingerprint density at radius 2 is 1.43 bits per heavy atom. The Labute approximate surface area is 309 Å². The molecule has 2 aliphatic heterocycles. The zero-order valence-corrected chi connectivity index (χ0v) is 30.3. The van der Waals surface area contributed by atoms with E-state index in [1.54, 1.807) is 4.90 Å². The summed E-state index contributed by atoms with van der Waals surface area (Å²) in [5.41, 5.74) is 3.47. The molecule has 2 saturated heterocycles. The van der Waals surface area contributed by atoms with Crippen LogP contribution in [0.5, 0.6) is 0 Å². The van der Waals surface area contributed by atoms with Crippen molar-refractivity contribution < 1.29 is 24.2 Å². The minimum Gasteiger partial charge on any atom is -0.481 e. The molecule has 2 fully saturated rings. The molecule has 0 aliphatic carbocycles. The van der Waals surface area contributed by atoms with Crippen molar-refractivity contribution in [3.8, 4) is 0 Å². The number of hydrogen-bond donors (Lipinski definition) is 2. The Bertz CT molecular complexity index is 1900. The number of carbonyl (C=O) groups is 3. The molecule has 2 N–H and O–H groups in total. The first-order valence-corrected chi connectivity index (χ1v) is 19.6. The average molecular weight is 736 g/mol. The predicted molar refractivity (Wildman–Crippen MR) is 202 cm³/mol. The summed E-state index contributed by atoms with van der Waals surface area (Å²) in [6, 6.07) is 38.8. The number of benzene rings is 4. The van der Waals surface area contributed by atoms with E-state index >= 15 is 0 Å². The number of amides is 1. The summed E-state index contributed by atoms with van der Waals surface area (Å²) >= 11 is 4.27. The molecule has 1 aromatic heterocycles. The van der Waals surface area contributed by atoms with Gasteiger partial charge in [0.2, 0.25) is 5.91 Å². The van der Waals surface area contributed by atoms with Crippen LogP contribution in [-0.2, 0) is 25.5 Å². The third-order valence-electron chi connectivity index (χ3n) is 9.31. The maximum absolute atomic E-state index is 13.6. The lowest BCUT2D eigenvalue weighted by Gasteiger charge is -2.54. The van der Waals surface area contributed by atoms with Gasteiger partial charge in [0.15, 0.2) is 6.10 Å². The molecule has 5 aromatic rings. The molecule has 2 aliphatic rings. The van der Waals surface area contributed by atoms with E-state index in [4.69, 9.17) is 4.74 Å². The van der Waals surface area contributed by atoms with Gasteiger partial charge in [0.1, 0.15) is 21.2 Å². The lowest BCUT2D eigenvalue weighted by atomic mass is 9.88. The lowest BCUT2D eigenvalue weighted by molar-refractivity contribution is -0.156. The first kappa shape index (κ1) is 35.0. The van der Waals surface area contributed by atoms with Crippen molar-refractivity contribution >= 4 is 52.7 Å². The third-order valence-corrected chi connectivity index (χ3v) is 13.5. The molecule has 7 rings (SSSR count). The maximum atomic E-state index is 13.6. The van der Waals surface area contributed by atoms with Gasteiger partial charge in [-0.25, -0.2) is 4.98 Å². The summed E-state index contributed by atoms with van der Waals surface area (Å²) in [6.45, 7) is 1.99. The number of aromatic nitrogens is 1. The van der Waals surface area contributed by atoms with Crippen molar-refractivity contribution in [3.05, 3.63) is 154 Å². The number of nitrogens with one attached hydrogen (secondary N) is 1. The van der Waals surface area contributed by atoms with Crippen molar-refractivity contribution in [3.63, 3.8) is 0 Å². The average Bonchev–Trinajstić information content (AvgIpc) is 3.52. The monoisotopic (exact) mass is 735 g/mol. The molecule has 8 nitrogen and oxygen atoms in total. The Hall–Kier alpha value is -4.42. The quantitative estimate of drug-likeness (QED) is 0.0741. The van der Waals surface area contributed by atoms with Gasteiger partial charge in [0.25, 0.3) is 0 Å². The summed E-state index contributed by atoms with van der Waals surface area (Å²) < 4.78 is 6.71. The van der Waals surface area contributed by atoms with Crippen LogP contribution in [-0.4, -0.2) is 62.3 Å². The zero-order valence-electron chi connectivity index (χ0n) is 27.9. The standard InChI is InChI=1S/C40H37N3O5S3/c1-26-31(22-32(44)48-35(29-18-10-4-11-19-29)30-20-12-5-13-21-30)51-39(41-26)50-25-40(38(46)47)23-43-36(45)34(37(43)49-24-40)42-33(27-14-6-2-7-15-27)28-16-8-3-9-17-28/h2-21,33-35,37,42H,22-25H2,1H3,(H,46,47)/t34-,37-,40?/m1/s1.